The molecule has 0 aliphatic carbocycles. The van der Waals surface area contributed by atoms with Crippen LogP contribution >= 0.6 is 0 Å². The van der Waals surface area contributed by atoms with Crippen LogP contribution in [0.5, 0.6) is 0 Å². The molecule has 2 aromatic heterocycles. The molecule has 3 rings (SSSR count). The average molecular weight is 363 g/mol. The minimum atomic E-state index is -3.45. The molecule has 0 amide bonds. The smallest absolute Gasteiger partial charge is 0.263 e. The molecule has 25 heavy (non-hydrogen) atoms. The molecular weight excluding hydrogens is 338 g/mol. The third kappa shape index (κ3) is 3.47. The van der Waals surface area contributed by atoms with Crippen molar-refractivity contribution in [2.45, 2.75) is 38.8 Å². The van der Waals surface area contributed by atoms with Crippen LogP contribution in [0.15, 0.2) is 30.5 Å². The summed E-state index contributed by atoms with van der Waals surface area (Å²) in [6.07, 6.45) is 4.40. The van der Waals surface area contributed by atoms with Crippen LogP contribution in [-0.2, 0) is 16.8 Å². The summed E-state index contributed by atoms with van der Waals surface area (Å²) in [6, 6.07) is 7.55. The molecule has 0 saturated carbocycles. The summed E-state index contributed by atoms with van der Waals surface area (Å²) in [5, 5.41) is 4.35. The molecule has 1 saturated heterocycles. The third-order valence-corrected chi connectivity index (χ3v) is 6.44. The number of nitrogens with zero attached hydrogens (tertiary/aromatic N) is 5. The molecule has 2 aromatic rings. The minimum Gasteiger partial charge on any atom is -0.263 e. The highest BCUT2D eigenvalue weighted by Gasteiger charge is 2.37. The molecule has 136 valence electrons. The summed E-state index contributed by atoms with van der Waals surface area (Å²) in [5.74, 6) is 0. The first kappa shape index (κ1) is 18.0. The fraction of sp³-hybridized carbons (Fsp3) is 0.529. The van der Waals surface area contributed by atoms with Crippen molar-refractivity contribution in [1.29, 1.82) is 0 Å². The molecule has 0 bridgehead atoms. The highest BCUT2D eigenvalue weighted by molar-refractivity contribution is 7.86. The van der Waals surface area contributed by atoms with Gasteiger partial charge in [0.25, 0.3) is 10.2 Å². The van der Waals surface area contributed by atoms with Crippen LogP contribution < -0.4 is 0 Å². The van der Waals surface area contributed by atoms with Gasteiger partial charge in [-0.3, -0.25) is 4.68 Å². The molecule has 0 N–H and O–H groups in total. The summed E-state index contributed by atoms with van der Waals surface area (Å²) in [7, 11) is -0.314. The average Bonchev–Trinajstić information content (AvgIpc) is 3.24. The van der Waals surface area contributed by atoms with Gasteiger partial charge < -0.3 is 0 Å². The predicted octanol–water partition coefficient (Wildman–Crippen LogP) is 2.30. The first-order valence-electron chi connectivity index (χ1n) is 8.63. The number of aryl methyl sites for hydroxylation is 1. The predicted molar refractivity (Wildman–Crippen MR) is 97.0 cm³/mol. The summed E-state index contributed by atoms with van der Waals surface area (Å²) in [6.45, 7) is 3.47. The Morgan fingerprint density at radius 3 is 2.80 bits per heavy atom. The summed E-state index contributed by atoms with van der Waals surface area (Å²) in [4.78, 5) is 4.78. The molecule has 1 aliphatic rings. The van der Waals surface area contributed by atoms with E-state index in [0.717, 1.165) is 42.9 Å². The molecule has 3 heterocycles. The maximum atomic E-state index is 12.6. The lowest BCUT2D eigenvalue weighted by Crippen LogP contribution is -2.39. The van der Waals surface area contributed by atoms with Crippen LogP contribution in [0.25, 0.3) is 11.4 Å². The standard InChI is InChI=1S/C17H25N5O2S/c1-4-12-21-16(10-11-18-21)14-7-5-8-15(19-14)17-9-6-13-22(17)25(23,24)20(2)3/h5,7-8,10-11,17H,4,6,9,12-13H2,1-3H3. The maximum Gasteiger partial charge on any atom is 0.282 e. The molecule has 1 fully saturated rings. The van der Waals surface area contributed by atoms with Gasteiger partial charge in [0.05, 0.1) is 23.1 Å². The molecule has 1 unspecified atom stereocenters. The second kappa shape index (κ2) is 7.23. The van der Waals surface area contributed by atoms with Gasteiger partial charge in [0.2, 0.25) is 0 Å². The highest BCUT2D eigenvalue weighted by Crippen LogP contribution is 2.34. The Labute approximate surface area is 149 Å². The van der Waals surface area contributed by atoms with Crippen LogP contribution in [0.1, 0.15) is 37.9 Å². The van der Waals surface area contributed by atoms with Gasteiger partial charge in [0.1, 0.15) is 0 Å². The van der Waals surface area contributed by atoms with Crippen molar-refractivity contribution in [1.82, 2.24) is 23.4 Å². The number of aromatic nitrogens is 3. The van der Waals surface area contributed by atoms with Gasteiger partial charge in [-0.1, -0.05) is 13.0 Å². The van der Waals surface area contributed by atoms with Gasteiger partial charge in [-0.05, 0) is 37.5 Å². The van der Waals surface area contributed by atoms with E-state index < -0.39 is 10.2 Å². The Balaban J connectivity index is 1.95. The SMILES string of the molecule is CCCn1nccc1-c1cccc(C2CCCN2S(=O)(=O)N(C)C)n1. The van der Waals surface area contributed by atoms with Crippen LogP contribution in [-0.4, -0.2) is 52.4 Å². The monoisotopic (exact) mass is 363 g/mol. The van der Waals surface area contributed by atoms with E-state index in [0.29, 0.717) is 6.54 Å². The normalized spacial score (nSPS) is 19.0. The van der Waals surface area contributed by atoms with Gasteiger partial charge in [-0.15, -0.1) is 0 Å². The van der Waals surface area contributed by atoms with Crippen molar-refractivity contribution in [2.75, 3.05) is 20.6 Å². The van der Waals surface area contributed by atoms with E-state index in [1.54, 1.807) is 24.6 Å². The fourth-order valence-corrected chi connectivity index (χ4v) is 4.56. The Bertz CT molecular complexity index is 831. The first-order valence-corrected chi connectivity index (χ1v) is 10.0. The molecule has 0 radical (unpaired) electrons. The minimum absolute atomic E-state index is 0.213. The second-order valence-corrected chi connectivity index (χ2v) is 8.54. The Hall–Kier alpha value is -1.77. The summed E-state index contributed by atoms with van der Waals surface area (Å²) in [5.41, 5.74) is 2.59. The van der Waals surface area contributed by atoms with E-state index >= 15 is 0 Å². The van der Waals surface area contributed by atoms with Crippen molar-refractivity contribution < 1.29 is 8.42 Å². The lowest BCUT2D eigenvalue weighted by molar-refractivity contribution is 0.358. The zero-order valence-electron chi connectivity index (χ0n) is 15.0. The first-order chi connectivity index (χ1) is 11.9. The van der Waals surface area contributed by atoms with Crippen LogP contribution in [0.4, 0.5) is 0 Å². The molecular formula is C17H25N5O2S. The van der Waals surface area contributed by atoms with Crippen molar-refractivity contribution >= 4 is 10.2 Å². The van der Waals surface area contributed by atoms with Crippen molar-refractivity contribution in [2.24, 2.45) is 0 Å². The van der Waals surface area contributed by atoms with Gasteiger partial charge in [0.15, 0.2) is 0 Å². The van der Waals surface area contributed by atoms with Crippen molar-refractivity contribution in [3.8, 4) is 11.4 Å². The second-order valence-electron chi connectivity index (χ2n) is 6.45. The molecule has 0 spiro atoms. The van der Waals surface area contributed by atoms with Gasteiger partial charge in [-0.2, -0.15) is 22.1 Å². The van der Waals surface area contributed by atoms with Crippen LogP contribution in [0, 0.1) is 0 Å². The largest absolute Gasteiger partial charge is 0.282 e. The molecule has 1 atom stereocenters. The fourth-order valence-electron chi connectivity index (χ4n) is 3.24. The Morgan fingerprint density at radius 1 is 1.28 bits per heavy atom. The number of hydrogen-bond acceptors (Lipinski definition) is 4. The van der Waals surface area contributed by atoms with Crippen molar-refractivity contribution in [3.05, 3.63) is 36.2 Å². The van der Waals surface area contributed by atoms with E-state index in [1.807, 2.05) is 28.9 Å². The number of rotatable bonds is 6. The van der Waals surface area contributed by atoms with E-state index in [-0.39, 0.29) is 6.04 Å². The molecule has 7 nitrogen and oxygen atoms in total. The quantitative estimate of drug-likeness (QED) is 0.789. The number of hydrogen-bond donors (Lipinski definition) is 0. The third-order valence-electron chi connectivity index (χ3n) is 4.49. The number of pyridine rings is 1. The maximum absolute atomic E-state index is 12.6. The zero-order valence-corrected chi connectivity index (χ0v) is 15.8. The van der Waals surface area contributed by atoms with E-state index in [2.05, 4.69) is 12.0 Å². The van der Waals surface area contributed by atoms with Crippen molar-refractivity contribution in [3.63, 3.8) is 0 Å². The van der Waals surface area contributed by atoms with E-state index in [4.69, 9.17) is 4.98 Å². The van der Waals surface area contributed by atoms with Gasteiger partial charge >= 0.3 is 0 Å². The Kier molecular flexibility index (Phi) is 5.21. The van der Waals surface area contributed by atoms with Gasteiger partial charge in [0, 0.05) is 33.4 Å². The van der Waals surface area contributed by atoms with Crippen LogP contribution in [0.2, 0.25) is 0 Å². The van der Waals surface area contributed by atoms with E-state index in [9.17, 15) is 8.42 Å². The Morgan fingerprint density at radius 2 is 2.08 bits per heavy atom. The summed E-state index contributed by atoms with van der Waals surface area (Å²) >= 11 is 0. The lowest BCUT2D eigenvalue weighted by Gasteiger charge is -2.26. The van der Waals surface area contributed by atoms with Crippen LogP contribution in [0.3, 0.4) is 0 Å². The molecule has 0 aromatic carbocycles. The topological polar surface area (TPSA) is 71.3 Å². The lowest BCUT2D eigenvalue weighted by atomic mass is 10.1. The molecule has 8 heteroatoms. The molecule has 1 aliphatic heterocycles. The van der Waals surface area contributed by atoms with Gasteiger partial charge in [-0.25, -0.2) is 4.98 Å². The summed E-state index contributed by atoms with van der Waals surface area (Å²) < 4.78 is 29.9. The zero-order chi connectivity index (χ0) is 18.0. The highest BCUT2D eigenvalue weighted by atomic mass is 32.2. The van der Waals surface area contributed by atoms with E-state index in [1.165, 1.54) is 4.31 Å².